The van der Waals surface area contributed by atoms with Crippen molar-refractivity contribution in [1.82, 2.24) is 4.98 Å². The molecule has 4 nitrogen and oxygen atoms in total. The Morgan fingerprint density at radius 3 is 2.64 bits per heavy atom. The van der Waals surface area contributed by atoms with Crippen LogP contribution >= 0.6 is 11.6 Å². The third-order valence-electron chi connectivity index (χ3n) is 1.51. The summed E-state index contributed by atoms with van der Waals surface area (Å²) in [6, 6.07) is 0. The smallest absolute Gasteiger partial charge is 0.356 e. The number of alkyl halides is 1. The molecule has 1 heterocycles. The monoisotopic (exact) mass is 222 g/mol. The van der Waals surface area contributed by atoms with Crippen LogP contribution in [0.25, 0.3) is 0 Å². The molecule has 1 aromatic rings. The molecule has 0 bridgehead atoms. The normalized spacial score (nSPS) is 10.2. The zero-order valence-electron chi connectivity index (χ0n) is 6.72. The second kappa shape index (κ2) is 3.75. The summed E-state index contributed by atoms with van der Waals surface area (Å²) >= 11 is 5.39. The molecule has 0 fully saturated rings. The first-order chi connectivity index (χ1) is 6.49. The van der Waals surface area contributed by atoms with Gasteiger partial charge in [-0.05, 0) is 0 Å². The minimum absolute atomic E-state index is 0.521. The third-order valence-corrected chi connectivity index (χ3v) is 1.89. The number of aromatic carboxylic acids is 1. The molecule has 0 spiro atoms. The average Bonchev–Trinajstić information content (AvgIpc) is 2.14. The van der Waals surface area contributed by atoms with Crippen LogP contribution in [0.2, 0.25) is 5.02 Å². The molecular formula is C7H5ClF2N2O2. The number of nitrogens with zero attached hydrogens (tertiary/aromatic N) is 1. The molecular weight excluding hydrogens is 218 g/mol. The second-order valence-corrected chi connectivity index (χ2v) is 2.77. The fourth-order valence-electron chi connectivity index (χ4n) is 0.843. The number of aromatic nitrogens is 1. The van der Waals surface area contributed by atoms with Crippen LogP contribution in [0.3, 0.4) is 0 Å². The number of carboxylic acid groups (broad SMARTS) is 1. The Kier molecular flexibility index (Phi) is 2.85. The van der Waals surface area contributed by atoms with Crippen molar-refractivity contribution in [2.45, 2.75) is 6.67 Å². The maximum Gasteiger partial charge on any atom is 0.356 e. The summed E-state index contributed by atoms with van der Waals surface area (Å²) in [7, 11) is 0. The summed E-state index contributed by atoms with van der Waals surface area (Å²) in [6.45, 7) is -1.24. The molecule has 14 heavy (non-hydrogen) atoms. The standard InChI is InChI=1S/C7H5ClF2N2O2/c8-3-5(11)4(10)2(1-9)12-6(3)7(13)14/h1H2,(H2,11,12)(H,13,14). The molecule has 0 unspecified atom stereocenters. The minimum Gasteiger partial charge on any atom is -0.476 e. The number of hydrogen-bond acceptors (Lipinski definition) is 3. The highest BCUT2D eigenvalue weighted by Crippen LogP contribution is 2.27. The predicted molar refractivity (Wildman–Crippen MR) is 45.4 cm³/mol. The molecule has 7 heteroatoms. The van der Waals surface area contributed by atoms with E-state index in [2.05, 4.69) is 4.98 Å². The zero-order valence-corrected chi connectivity index (χ0v) is 7.48. The highest BCUT2D eigenvalue weighted by molar-refractivity contribution is 6.35. The Balaban J connectivity index is 3.48. The number of nitrogens with two attached hydrogens (primary N) is 1. The molecule has 0 saturated heterocycles. The molecule has 1 aromatic heterocycles. The molecule has 0 aliphatic carbocycles. The highest BCUT2D eigenvalue weighted by atomic mass is 35.5. The molecule has 76 valence electrons. The summed E-state index contributed by atoms with van der Waals surface area (Å²) in [5.74, 6) is -2.61. The minimum atomic E-state index is -1.49. The van der Waals surface area contributed by atoms with Crippen LogP contribution in [-0.2, 0) is 6.67 Å². The van der Waals surface area contributed by atoms with Gasteiger partial charge in [0.15, 0.2) is 11.5 Å². The van der Waals surface area contributed by atoms with Crippen molar-refractivity contribution in [2.75, 3.05) is 5.73 Å². The van der Waals surface area contributed by atoms with Gasteiger partial charge in [-0.15, -0.1) is 0 Å². The van der Waals surface area contributed by atoms with Crippen LogP contribution in [0.15, 0.2) is 0 Å². The number of anilines is 1. The van der Waals surface area contributed by atoms with Gasteiger partial charge in [0.2, 0.25) is 0 Å². The molecule has 0 aliphatic rings. The summed E-state index contributed by atoms with van der Waals surface area (Å²) < 4.78 is 25.1. The van der Waals surface area contributed by atoms with Gasteiger partial charge in [0, 0.05) is 0 Å². The van der Waals surface area contributed by atoms with Crippen molar-refractivity contribution in [1.29, 1.82) is 0 Å². The Morgan fingerprint density at radius 1 is 1.64 bits per heavy atom. The van der Waals surface area contributed by atoms with Crippen molar-refractivity contribution >= 4 is 23.3 Å². The Bertz CT molecular complexity index is 398. The topological polar surface area (TPSA) is 76.2 Å². The number of halogens is 3. The maximum atomic E-state index is 13.0. The first-order valence-corrected chi connectivity index (χ1v) is 3.79. The lowest BCUT2D eigenvalue weighted by Crippen LogP contribution is -2.09. The quantitative estimate of drug-likeness (QED) is 0.797. The van der Waals surface area contributed by atoms with Gasteiger partial charge >= 0.3 is 5.97 Å². The van der Waals surface area contributed by atoms with Gasteiger partial charge in [0.05, 0.1) is 10.7 Å². The number of carboxylic acids is 1. The molecule has 0 atom stereocenters. The number of nitrogen functional groups attached to an aromatic ring is 1. The van der Waals surface area contributed by atoms with E-state index in [9.17, 15) is 13.6 Å². The van der Waals surface area contributed by atoms with E-state index < -0.39 is 40.6 Å². The molecule has 0 amide bonds. The molecule has 0 saturated carbocycles. The van der Waals surface area contributed by atoms with Crippen LogP contribution in [0.1, 0.15) is 16.2 Å². The van der Waals surface area contributed by atoms with E-state index >= 15 is 0 Å². The van der Waals surface area contributed by atoms with Gasteiger partial charge in [0.1, 0.15) is 12.4 Å². The van der Waals surface area contributed by atoms with E-state index in [1.54, 1.807) is 0 Å². The summed E-state index contributed by atoms with van der Waals surface area (Å²) in [5, 5.41) is 8.03. The lowest BCUT2D eigenvalue weighted by molar-refractivity contribution is 0.0690. The largest absolute Gasteiger partial charge is 0.476 e. The van der Waals surface area contributed by atoms with Crippen LogP contribution in [0, 0.1) is 5.82 Å². The van der Waals surface area contributed by atoms with Gasteiger partial charge in [-0.25, -0.2) is 18.6 Å². The van der Waals surface area contributed by atoms with Crippen molar-refractivity contribution in [3.8, 4) is 0 Å². The fraction of sp³-hybridized carbons (Fsp3) is 0.143. The molecule has 0 aromatic carbocycles. The summed E-state index contributed by atoms with van der Waals surface area (Å²) in [4.78, 5) is 13.7. The van der Waals surface area contributed by atoms with E-state index in [1.807, 2.05) is 0 Å². The highest BCUT2D eigenvalue weighted by Gasteiger charge is 2.20. The summed E-state index contributed by atoms with van der Waals surface area (Å²) in [5.41, 5.74) is 3.20. The van der Waals surface area contributed by atoms with E-state index in [-0.39, 0.29) is 0 Å². The van der Waals surface area contributed by atoms with Crippen molar-refractivity contribution in [3.63, 3.8) is 0 Å². The van der Waals surface area contributed by atoms with E-state index in [0.29, 0.717) is 0 Å². The molecule has 1 rings (SSSR count). The van der Waals surface area contributed by atoms with Crippen LogP contribution < -0.4 is 5.73 Å². The zero-order chi connectivity index (χ0) is 10.9. The van der Waals surface area contributed by atoms with E-state index in [4.69, 9.17) is 22.4 Å². The molecule has 3 N–H and O–H groups in total. The van der Waals surface area contributed by atoms with Crippen molar-refractivity contribution in [2.24, 2.45) is 0 Å². The van der Waals surface area contributed by atoms with Crippen LogP contribution in [0.5, 0.6) is 0 Å². The van der Waals surface area contributed by atoms with E-state index in [1.165, 1.54) is 0 Å². The van der Waals surface area contributed by atoms with Gasteiger partial charge < -0.3 is 10.8 Å². The molecule has 0 radical (unpaired) electrons. The Labute approximate surface area is 82.3 Å². The SMILES string of the molecule is Nc1c(F)c(CF)nc(C(=O)O)c1Cl. The first kappa shape index (κ1) is 10.6. The van der Waals surface area contributed by atoms with Gasteiger partial charge in [-0.3, -0.25) is 0 Å². The lowest BCUT2D eigenvalue weighted by Gasteiger charge is -2.06. The second-order valence-electron chi connectivity index (χ2n) is 2.39. The van der Waals surface area contributed by atoms with Crippen LogP contribution in [-0.4, -0.2) is 16.1 Å². The Hall–Kier alpha value is -1.43. The number of carbonyl (C=O) groups is 1. The average molecular weight is 223 g/mol. The van der Waals surface area contributed by atoms with Crippen molar-refractivity contribution in [3.05, 3.63) is 22.2 Å². The van der Waals surface area contributed by atoms with Gasteiger partial charge in [0.25, 0.3) is 0 Å². The van der Waals surface area contributed by atoms with Gasteiger partial charge in [-0.2, -0.15) is 0 Å². The van der Waals surface area contributed by atoms with Gasteiger partial charge in [-0.1, -0.05) is 11.6 Å². The number of rotatable bonds is 2. The maximum absolute atomic E-state index is 13.0. The van der Waals surface area contributed by atoms with E-state index in [0.717, 1.165) is 0 Å². The molecule has 0 aliphatic heterocycles. The fourth-order valence-corrected chi connectivity index (χ4v) is 1.05. The lowest BCUT2D eigenvalue weighted by atomic mass is 10.2. The Morgan fingerprint density at radius 2 is 2.21 bits per heavy atom. The third kappa shape index (κ3) is 1.60. The van der Waals surface area contributed by atoms with Crippen LogP contribution in [0.4, 0.5) is 14.5 Å². The summed E-state index contributed by atoms with van der Waals surface area (Å²) in [6.07, 6.45) is 0. The number of pyridine rings is 1. The van der Waals surface area contributed by atoms with Crippen molar-refractivity contribution < 1.29 is 18.7 Å². The first-order valence-electron chi connectivity index (χ1n) is 3.41. The predicted octanol–water partition coefficient (Wildman–Crippen LogP) is 1.62. The number of hydrogen-bond donors (Lipinski definition) is 2.